The molecule has 0 aliphatic heterocycles. The lowest BCUT2D eigenvalue weighted by molar-refractivity contribution is -0.137. The summed E-state index contributed by atoms with van der Waals surface area (Å²) in [5.41, 5.74) is 1.79. The molecule has 6 nitrogen and oxygen atoms in total. The predicted octanol–water partition coefficient (Wildman–Crippen LogP) is 6.26. The van der Waals surface area contributed by atoms with Gasteiger partial charge in [0.2, 0.25) is 0 Å². The first kappa shape index (κ1) is 28.0. The van der Waals surface area contributed by atoms with Gasteiger partial charge in [-0.3, -0.25) is 9.10 Å². The van der Waals surface area contributed by atoms with Crippen LogP contribution in [-0.4, -0.2) is 26.6 Å². The summed E-state index contributed by atoms with van der Waals surface area (Å²) in [6, 6.07) is 9.44. The molecule has 1 N–H and O–H groups in total. The van der Waals surface area contributed by atoms with Crippen LogP contribution in [0.4, 0.5) is 18.9 Å². The summed E-state index contributed by atoms with van der Waals surface area (Å²) >= 11 is 6.13. The average molecular weight is 544 g/mol. The Labute approximate surface area is 214 Å². The Hall–Kier alpha value is -2.59. The molecule has 0 heterocycles. The van der Waals surface area contributed by atoms with Gasteiger partial charge in [0, 0.05) is 5.71 Å². The van der Waals surface area contributed by atoms with Crippen molar-refractivity contribution in [3.8, 4) is 0 Å². The van der Waals surface area contributed by atoms with Gasteiger partial charge in [0.05, 0.1) is 21.2 Å². The van der Waals surface area contributed by atoms with Gasteiger partial charge in [-0.05, 0) is 67.3 Å². The zero-order valence-electron chi connectivity index (χ0n) is 20.3. The van der Waals surface area contributed by atoms with E-state index in [-0.39, 0.29) is 15.3 Å². The zero-order valence-corrected chi connectivity index (χ0v) is 21.8. The Morgan fingerprint density at radius 3 is 2.25 bits per heavy atom. The fraction of sp³-hybridized carbons (Fsp3) is 0.440. The molecule has 0 spiro atoms. The quantitative estimate of drug-likeness (QED) is 0.437. The standard InChI is InChI=1S/C25H29ClF3N3O3S/c1-24(2,3)17-9-12-19(13-10-17)30-31-23(33)16-32(36(34,35)20-7-5-4-6-8-20)22-15-18(25(27,28)29)11-14-21(22)26/h4-8,11,14-15,17H,9-10,12-13,16H2,1-3H3,(H,31,33). The van der Waals surface area contributed by atoms with E-state index in [1.807, 2.05) is 0 Å². The van der Waals surface area contributed by atoms with Gasteiger partial charge < -0.3 is 0 Å². The summed E-state index contributed by atoms with van der Waals surface area (Å²) in [5, 5.41) is 3.91. The number of carbonyl (C=O) groups is 1. The highest BCUT2D eigenvalue weighted by Crippen LogP contribution is 2.38. The molecule has 1 aliphatic carbocycles. The first-order chi connectivity index (χ1) is 16.7. The SMILES string of the molecule is CC(C)(C)C1CCC(=NNC(=O)CN(c2cc(C(F)(F)F)ccc2Cl)S(=O)(=O)c2ccccc2)CC1. The third-order valence-electron chi connectivity index (χ3n) is 6.29. The lowest BCUT2D eigenvalue weighted by Crippen LogP contribution is -2.40. The highest BCUT2D eigenvalue weighted by molar-refractivity contribution is 7.92. The van der Waals surface area contributed by atoms with Gasteiger partial charge in [-0.15, -0.1) is 0 Å². The molecule has 1 amide bonds. The first-order valence-electron chi connectivity index (χ1n) is 11.5. The van der Waals surface area contributed by atoms with Gasteiger partial charge in [0.25, 0.3) is 15.9 Å². The number of sulfonamides is 1. The normalized spacial score (nSPS) is 17.0. The van der Waals surface area contributed by atoms with Crippen molar-refractivity contribution in [2.24, 2.45) is 16.4 Å². The molecule has 196 valence electrons. The number of hydrogen-bond acceptors (Lipinski definition) is 4. The number of hydrogen-bond donors (Lipinski definition) is 1. The van der Waals surface area contributed by atoms with E-state index < -0.39 is 39.9 Å². The Balaban J connectivity index is 1.88. The van der Waals surface area contributed by atoms with Crippen LogP contribution in [0.25, 0.3) is 0 Å². The molecule has 0 saturated heterocycles. The average Bonchev–Trinajstić information content (AvgIpc) is 2.81. The second-order valence-electron chi connectivity index (χ2n) is 9.84. The molecule has 1 saturated carbocycles. The van der Waals surface area contributed by atoms with Crippen molar-refractivity contribution in [1.82, 2.24) is 5.43 Å². The maximum absolute atomic E-state index is 13.4. The van der Waals surface area contributed by atoms with Crippen molar-refractivity contribution in [2.45, 2.75) is 57.5 Å². The summed E-state index contributed by atoms with van der Waals surface area (Å²) < 4.78 is 67.4. The molecule has 0 aromatic heterocycles. The lowest BCUT2D eigenvalue weighted by Gasteiger charge is -2.34. The second-order valence-corrected chi connectivity index (χ2v) is 12.1. The Bertz CT molecular complexity index is 1220. The number of carbonyl (C=O) groups excluding carboxylic acids is 1. The van der Waals surface area contributed by atoms with Crippen LogP contribution >= 0.6 is 11.6 Å². The molecule has 0 atom stereocenters. The lowest BCUT2D eigenvalue weighted by atomic mass is 9.72. The fourth-order valence-corrected chi connectivity index (χ4v) is 5.86. The van der Waals surface area contributed by atoms with Crippen LogP contribution in [0.3, 0.4) is 0 Å². The number of benzene rings is 2. The molecule has 0 bridgehead atoms. The van der Waals surface area contributed by atoms with Crippen LogP contribution in [0.15, 0.2) is 58.5 Å². The molecule has 0 unspecified atom stereocenters. The minimum absolute atomic E-state index is 0.172. The summed E-state index contributed by atoms with van der Waals surface area (Å²) in [5.74, 6) is -0.268. The number of nitrogens with zero attached hydrogens (tertiary/aromatic N) is 2. The number of alkyl halides is 3. The minimum atomic E-state index is -4.73. The van der Waals surface area contributed by atoms with Crippen LogP contribution in [0.5, 0.6) is 0 Å². The van der Waals surface area contributed by atoms with Crippen LogP contribution in [0.2, 0.25) is 5.02 Å². The predicted molar refractivity (Wildman–Crippen MR) is 134 cm³/mol. The molecule has 0 radical (unpaired) electrons. The minimum Gasteiger partial charge on any atom is -0.271 e. The molecule has 36 heavy (non-hydrogen) atoms. The van der Waals surface area contributed by atoms with Gasteiger partial charge >= 0.3 is 6.18 Å². The third-order valence-corrected chi connectivity index (χ3v) is 8.38. The molecular formula is C25H29ClF3N3O3S. The van der Waals surface area contributed by atoms with E-state index in [0.29, 0.717) is 29.1 Å². The Kier molecular flexibility index (Phi) is 8.40. The van der Waals surface area contributed by atoms with E-state index in [1.165, 1.54) is 24.3 Å². The smallest absolute Gasteiger partial charge is 0.271 e. The van der Waals surface area contributed by atoms with E-state index in [4.69, 9.17) is 11.6 Å². The van der Waals surface area contributed by atoms with Crippen molar-refractivity contribution in [3.63, 3.8) is 0 Å². The van der Waals surface area contributed by atoms with E-state index in [9.17, 15) is 26.4 Å². The zero-order chi connectivity index (χ0) is 26.7. The van der Waals surface area contributed by atoms with E-state index in [0.717, 1.165) is 30.7 Å². The maximum atomic E-state index is 13.4. The fourth-order valence-electron chi connectivity index (χ4n) is 4.14. The van der Waals surface area contributed by atoms with Gasteiger partial charge in [0.15, 0.2) is 0 Å². The van der Waals surface area contributed by atoms with Crippen molar-refractivity contribution in [1.29, 1.82) is 0 Å². The molecule has 1 fully saturated rings. The third kappa shape index (κ3) is 6.79. The van der Waals surface area contributed by atoms with Crippen molar-refractivity contribution in [2.75, 3.05) is 10.8 Å². The highest BCUT2D eigenvalue weighted by atomic mass is 35.5. The number of halogens is 4. The van der Waals surface area contributed by atoms with Crippen LogP contribution in [0.1, 0.15) is 52.0 Å². The van der Waals surface area contributed by atoms with Crippen molar-refractivity contribution in [3.05, 3.63) is 59.1 Å². The van der Waals surface area contributed by atoms with Crippen LogP contribution in [-0.2, 0) is 21.0 Å². The summed E-state index contributed by atoms with van der Waals surface area (Å²) in [6.07, 6.45) is -1.48. The second kappa shape index (κ2) is 10.8. The maximum Gasteiger partial charge on any atom is 0.416 e. The van der Waals surface area contributed by atoms with E-state index in [2.05, 4.69) is 31.3 Å². The van der Waals surface area contributed by atoms with Gasteiger partial charge in [-0.25, -0.2) is 13.8 Å². The van der Waals surface area contributed by atoms with E-state index in [1.54, 1.807) is 6.07 Å². The molecule has 11 heteroatoms. The van der Waals surface area contributed by atoms with Crippen molar-refractivity contribution >= 4 is 38.9 Å². The van der Waals surface area contributed by atoms with Crippen molar-refractivity contribution < 1.29 is 26.4 Å². The number of nitrogens with one attached hydrogen (secondary N) is 1. The summed E-state index contributed by atoms with van der Waals surface area (Å²) in [4.78, 5) is 12.6. The first-order valence-corrected chi connectivity index (χ1v) is 13.3. The number of anilines is 1. The Morgan fingerprint density at radius 1 is 1.08 bits per heavy atom. The Morgan fingerprint density at radius 2 is 1.69 bits per heavy atom. The number of rotatable bonds is 6. The van der Waals surface area contributed by atoms with Gasteiger partial charge in [-0.1, -0.05) is 50.6 Å². The monoisotopic (exact) mass is 543 g/mol. The molecule has 2 aromatic rings. The molecule has 3 rings (SSSR count). The molecule has 2 aromatic carbocycles. The van der Waals surface area contributed by atoms with Gasteiger partial charge in [0.1, 0.15) is 6.54 Å². The van der Waals surface area contributed by atoms with Crippen LogP contribution < -0.4 is 9.73 Å². The largest absolute Gasteiger partial charge is 0.416 e. The number of hydrazone groups is 1. The van der Waals surface area contributed by atoms with Gasteiger partial charge in [-0.2, -0.15) is 18.3 Å². The van der Waals surface area contributed by atoms with Crippen LogP contribution in [0, 0.1) is 11.3 Å². The summed E-state index contributed by atoms with van der Waals surface area (Å²) in [7, 11) is -4.43. The van der Waals surface area contributed by atoms with E-state index >= 15 is 0 Å². The highest BCUT2D eigenvalue weighted by Gasteiger charge is 2.34. The summed E-state index contributed by atoms with van der Waals surface area (Å²) in [6.45, 7) is 5.74. The molecular weight excluding hydrogens is 515 g/mol. The number of amides is 1. The topological polar surface area (TPSA) is 78.8 Å². The molecule has 1 aliphatic rings.